The van der Waals surface area contributed by atoms with E-state index < -0.39 is 0 Å². The van der Waals surface area contributed by atoms with E-state index in [1.54, 1.807) is 0 Å². The van der Waals surface area contributed by atoms with Gasteiger partial charge in [0.05, 0.1) is 6.10 Å². The van der Waals surface area contributed by atoms with Gasteiger partial charge in [-0.25, -0.2) is 4.79 Å². The van der Waals surface area contributed by atoms with Crippen LogP contribution in [-0.2, 0) is 6.42 Å². The fraction of sp³-hybridized carbons (Fsp3) is 0.562. The Labute approximate surface area is 120 Å². The predicted octanol–water partition coefficient (Wildman–Crippen LogP) is 2.87. The molecule has 1 aliphatic heterocycles. The number of nitrogens with one attached hydrogen (secondary N) is 1. The van der Waals surface area contributed by atoms with Crippen molar-refractivity contribution in [1.82, 2.24) is 4.90 Å². The second kappa shape index (κ2) is 6.75. The third kappa shape index (κ3) is 3.51. The quantitative estimate of drug-likeness (QED) is 0.892. The molecule has 0 aliphatic carbocycles. The molecule has 4 heteroatoms. The number of benzene rings is 1. The maximum atomic E-state index is 12.3. The molecule has 2 rings (SSSR count). The molecule has 20 heavy (non-hydrogen) atoms. The van der Waals surface area contributed by atoms with Crippen LogP contribution in [0.15, 0.2) is 24.3 Å². The number of carbonyl (C=O) groups excluding carboxylic acids is 1. The average molecular weight is 276 g/mol. The number of carbonyl (C=O) groups is 1. The van der Waals surface area contributed by atoms with Crippen LogP contribution in [0.5, 0.6) is 0 Å². The molecule has 110 valence electrons. The number of para-hydroxylation sites is 1. The molecule has 1 aromatic carbocycles. The molecule has 1 atom stereocenters. The van der Waals surface area contributed by atoms with Crippen molar-refractivity contribution in [3.8, 4) is 0 Å². The average Bonchev–Trinajstić information content (AvgIpc) is 2.48. The molecule has 2 N–H and O–H groups in total. The van der Waals surface area contributed by atoms with Gasteiger partial charge in [-0.1, -0.05) is 25.1 Å². The molecule has 0 saturated carbocycles. The van der Waals surface area contributed by atoms with E-state index >= 15 is 0 Å². The smallest absolute Gasteiger partial charge is 0.321 e. The molecule has 0 aromatic heterocycles. The van der Waals surface area contributed by atoms with Crippen LogP contribution in [0.1, 0.15) is 32.3 Å². The summed E-state index contributed by atoms with van der Waals surface area (Å²) in [5.74, 6) is 0.321. The van der Waals surface area contributed by atoms with Crippen LogP contribution in [0.3, 0.4) is 0 Å². The molecule has 1 aromatic rings. The van der Waals surface area contributed by atoms with E-state index in [-0.39, 0.29) is 12.1 Å². The number of likely N-dealkylation sites (tertiary alicyclic amines) is 1. The molecular weight excluding hydrogens is 252 g/mol. The fourth-order valence-electron chi connectivity index (χ4n) is 2.73. The highest BCUT2D eigenvalue weighted by atomic mass is 16.3. The number of rotatable bonds is 3. The molecule has 1 saturated heterocycles. The molecule has 1 fully saturated rings. The number of hydrogen-bond donors (Lipinski definition) is 2. The van der Waals surface area contributed by atoms with Crippen LogP contribution in [0.4, 0.5) is 10.5 Å². The van der Waals surface area contributed by atoms with Crippen LogP contribution in [0.2, 0.25) is 0 Å². The summed E-state index contributed by atoms with van der Waals surface area (Å²) >= 11 is 0. The van der Waals surface area contributed by atoms with Crippen LogP contribution in [0, 0.1) is 5.92 Å². The number of anilines is 1. The van der Waals surface area contributed by atoms with E-state index in [0.29, 0.717) is 5.92 Å². The maximum absolute atomic E-state index is 12.3. The second-order valence-corrected chi connectivity index (χ2v) is 5.51. The first-order valence-electron chi connectivity index (χ1n) is 7.43. The predicted molar refractivity (Wildman–Crippen MR) is 80.8 cm³/mol. The van der Waals surface area contributed by atoms with Crippen molar-refractivity contribution in [2.24, 2.45) is 5.92 Å². The Morgan fingerprint density at radius 3 is 2.65 bits per heavy atom. The van der Waals surface area contributed by atoms with Gasteiger partial charge in [0.2, 0.25) is 0 Å². The summed E-state index contributed by atoms with van der Waals surface area (Å²) in [6, 6.07) is 7.88. The molecule has 0 radical (unpaired) electrons. The lowest BCUT2D eigenvalue weighted by Crippen LogP contribution is -2.42. The zero-order valence-corrected chi connectivity index (χ0v) is 12.3. The minimum absolute atomic E-state index is 0.0325. The van der Waals surface area contributed by atoms with Crippen molar-refractivity contribution < 1.29 is 9.90 Å². The number of aliphatic hydroxyl groups excluding tert-OH is 1. The lowest BCUT2D eigenvalue weighted by atomic mass is 9.92. The lowest BCUT2D eigenvalue weighted by Gasteiger charge is -2.33. The van der Waals surface area contributed by atoms with Gasteiger partial charge in [0.15, 0.2) is 0 Å². The summed E-state index contributed by atoms with van der Waals surface area (Å²) in [5.41, 5.74) is 2.05. The summed E-state index contributed by atoms with van der Waals surface area (Å²) < 4.78 is 0. The SMILES string of the molecule is CCc1ccccc1NC(=O)N1CCC(C(C)O)CC1. The Bertz CT molecular complexity index is 452. The van der Waals surface area contributed by atoms with E-state index in [2.05, 4.69) is 12.2 Å². The van der Waals surface area contributed by atoms with E-state index in [9.17, 15) is 9.90 Å². The van der Waals surface area contributed by atoms with Crippen LogP contribution >= 0.6 is 0 Å². The molecule has 1 aliphatic rings. The zero-order valence-electron chi connectivity index (χ0n) is 12.3. The minimum Gasteiger partial charge on any atom is -0.393 e. The van der Waals surface area contributed by atoms with Gasteiger partial charge in [-0.3, -0.25) is 0 Å². The largest absolute Gasteiger partial charge is 0.393 e. The molecule has 1 unspecified atom stereocenters. The number of urea groups is 1. The Balaban J connectivity index is 1.93. The van der Waals surface area contributed by atoms with Crippen LogP contribution in [-0.4, -0.2) is 35.2 Å². The van der Waals surface area contributed by atoms with Crippen molar-refractivity contribution in [1.29, 1.82) is 0 Å². The molecule has 1 heterocycles. The zero-order chi connectivity index (χ0) is 14.5. The summed E-state index contributed by atoms with van der Waals surface area (Å²) in [7, 11) is 0. The van der Waals surface area contributed by atoms with Gasteiger partial charge in [-0.05, 0) is 43.7 Å². The van der Waals surface area contributed by atoms with Gasteiger partial charge in [0, 0.05) is 18.8 Å². The Morgan fingerprint density at radius 2 is 2.05 bits per heavy atom. The number of hydrogen-bond acceptors (Lipinski definition) is 2. The monoisotopic (exact) mass is 276 g/mol. The summed E-state index contributed by atoms with van der Waals surface area (Å²) in [4.78, 5) is 14.1. The Morgan fingerprint density at radius 1 is 1.40 bits per heavy atom. The highest BCUT2D eigenvalue weighted by molar-refractivity contribution is 5.90. The third-order valence-electron chi connectivity index (χ3n) is 4.15. The number of aryl methyl sites for hydroxylation is 1. The van der Waals surface area contributed by atoms with E-state index in [1.165, 1.54) is 0 Å². The fourth-order valence-corrected chi connectivity index (χ4v) is 2.73. The van der Waals surface area contributed by atoms with E-state index in [0.717, 1.165) is 43.6 Å². The summed E-state index contributed by atoms with van der Waals surface area (Å²) in [6.07, 6.45) is 2.38. The van der Waals surface area contributed by atoms with Crippen LogP contribution in [0.25, 0.3) is 0 Å². The minimum atomic E-state index is -0.277. The van der Waals surface area contributed by atoms with Gasteiger partial charge >= 0.3 is 6.03 Å². The Kier molecular flexibility index (Phi) is 5.01. The molecule has 2 amide bonds. The van der Waals surface area contributed by atoms with E-state index in [1.807, 2.05) is 36.1 Å². The molecular formula is C16H24N2O2. The molecule has 0 spiro atoms. The van der Waals surface area contributed by atoms with Crippen molar-refractivity contribution in [3.05, 3.63) is 29.8 Å². The highest BCUT2D eigenvalue weighted by Crippen LogP contribution is 2.22. The van der Waals surface area contributed by atoms with Gasteiger partial charge in [-0.15, -0.1) is 0 Å². The van der Waals surface area contributed by atoms with Crippen molar-refractivity contribution in [3.63, 3.8) is 0 Å². The van der Waals surface area contributed by atoms with Gasteiger partial charge in [0.1, 0.15) is 0 Å². The first-order chi connectivity index (χ1) is 9.61. The topological polar surface area (TPSA) is 52.6 Å². The number of nitrogens with zero attached hydrogens (tertiary/aromatic N) is 1. The third-order valence-corrected chi connectivity index (χ3v) is 4.15. The van der Waals surface area contributed by atoms with E-state index in [4.69, 9.17) is 0 Å². The van der Waals surface area contributed by atoms with Crippen molar-refractivity contribution in [2.45, 2.75) is 39.2 Å². The first kappa shape index (κ1) is 14.9. The highest BCUT2D eigenvalue weighted by Gasteiger charge is 2.25. The molecule has 0 bridgehead atoms. The van der Waals surface area contributed by atoms with Gasteiger partial charge in [0.25, 0.3) is 0 Å². The van der Waals surface area contributed by atoms with Crippen molar-refractivity contribution >= 4 is 11.7 Å². The van der Waals surface area contributed by atoms with Gasteiger partial charge < -0.3 is 15.3 Å². The summed E-state index contributed by atoms with van der Waals surface area (Å²) in [5, 5.41) is 12.6. The normalized spacial score (nSPS) is 17.9. The first-order valence-corrected chi connectivity index (χ1v) is 7.43. The maximum Gasteiger partial charge on any atom is 0.321 e. The molecule has 4 nitrogen and oxygen atoms in total. The lowest BCUT2D eigenvalue weighted by molar-refractivity contribution is 0.0820. The van der Waals surface area contributed by atoms with Crippen LogP contribution < -0.4 is 5.32 Å². The Hall–Kier alpha value is -1.55. The number of amides is 2. The standard InChI is InChI=1S/C16H24N2O2/c1-3-13-6-4-5-7-15(13)17-16(20)18-10-8-14(9-11-18)12(2)19/h4-7,12,14,19H,3,8-11H2,1-2H3,(H,17,20). The summed E-state index contributed by atoms with van der Waals surface area (Å²) in [6.45, 7) is 5.35. The second-order valence-electron chi connectivity index (χ2n) is 5.51. The number of aliphatic hydroxyl groups is 1. The van der Waals surface area contributed by atoms with Gasteiger partial charge in [-0.2, -0.15) is 0 Å². The van der Waals surface area contributed by atoms with Crippen molar-refractivity contribution in [2.75, 3.05) is 18.4 Å². The number of piperidine rings is 1.